The number of nitrogens with zero attached hydrogens (tertiary/aromatic N) is 3. The van der Waals surface area contributed by atoms with Gasteiger partial charge in [0.2, 0.25) is 5.89 Å². The Labute approximate surface area is 129 Å². The molecule has 22 heavy (non-hydrogen) atoms. The van der Waals surface area contributed by atoms with Gasteiger partial charge in [-0.15, -0.1) is 0 Å². The first kappa shape index (κ1) is 14.8. The lowest BCUT2D eigenvalue weighted by Gasteiger charge is -2.30. The Balaban J connectivity index is 1.73. The van der Waals surface area contributed by atoms with Gasteiger partial charge in [0.15, 0.2) is 5.82 Å². The number of furan rings is 1. The molecule has 1 atom stereocenters. The fourth-order valence-electron chi connectivity index (χ4n) is 2.79. The molecular weight excluding hydrogens is 282 g/mol. The quantitative estimate of drug-likeness (QED) is 0.871. The van der Waals surface area contributed by atoms with Crippen LogP contribution in [0.3, 0.4) is 0 Å². The summed E-state index contributed by atoms with van der Waals surface area (Å²) < 4.78 is 10.6. The molecule has 3 rings (SSSR count). The normalized spacial score (nSPS) is 18.9. The van der Waals surface area contributed by atoms with E-state index in [-0.39, 0.29) is 17.7 Å². The van der Waals surface area contributed by atoms with E-state index in [1.54, 1.807) is 12.3 Å². The van der Waals surface area contributed by atoms with Gasteiger partial charge in [0.1, 0.15) is 5.76 Å². The van der Waals surface area contributed by atoms with Gasteiger partial charge in [0, 0.05) is 19.0 Å². The van der Waals surface area contributed by atoms with Crippen LogP contribution in [0.25, 0.3) is 0 Å². The minimum atomic E-state index is 0.0135. The number of hydrogen-bond acceptors (Lipinski definition) is 5. The van der Waals surface area contributed by atoms with Gasteiger partial charge < -0.3 is 13.8 Å². The van der Waals surface area contributed by atoms with Crippen molar-refractivity contribution in [3.63, 3.8) is 0 Å². The van der Waals surface area contributed by atoms with Crippen molar-refractivity contribution in [3.8, 4) is 0 Å². The highest BCUT2D eigenvalue weighted by molar-refractivity contribution is 5.95. The molecule has 0 saturated carbocycles. The van der Waals surface area contributed by atoms with Gasteiger partial charge in [0.05, 0.1) is 17.7 Å². The largest absolute Gasteiger partial charge is 0.469 e. The number of carbonyl (C=O) groups excluding carboxylic acids is 1. The summed E-state index contributed by atoms with van der Waals surface area (Å²) in [5, 5.41) is 4.02. The predicted octanol–water partition coefficient (Wildman–Crippen LogP) is 3.11. The number of piperidine rings is 1. The molecule has 2 aromatic rings. The number of aryl methyl sites for hydroxylation is 1. The number of likely N-dealkylation sites (tertiary alicyclic amines) is 1. The minimum absolute atomic E-state index is 0.0135. The molecule has 0 aliphatic carbocycles. The highest BCUT2D eigenvalue weighted by Gasteiger charge is 2.30. The highest BCUT2D eigenvalue weighted by Crippen LogP contribution is 2.28. The zero-order valence-electron chi connectivity index (χ0n) is 13.2. The van der Waals surface area contributed by atoms with Gasteiger partial charge in [-0.1, -0.05) is 19.0 Å². The van der Waals surface area contributed by atoms with Crippen LogP contribution in [0, 0.1) is 6.92 Å². The standard InChI is InChI=1S/C16H21N3O3/c1-10(2)14-17-15(22-18-14)12-5-4-7-19(9-12)16(20)13-6-8-21-11(13)3/h6,8,10,12H,4-5,7,9H2,1-3H3/t12-/m1/s1. The Morgan fingerprint density at radius 2 is 2.27 bits per heavy atom. The maximum Gasteiger partial charge on any atom is 0.257 e. The van der Waals surface area contributed by atoms with Crippen molar-refractivity contribution in [1.29, 1.82) is 0 Å². The molecule has 118 valence electrons. The topological polar surface area (TPSA) is 72.4 Å². The first-order chi connectivity index (χ1) is 10.6. The molecule has 0 unspecified atom stereocenters. The zero-order chi connectivity index (χ0) is 15.7. The van der Waals surface area contributed by atoms with Crippen molar-refractivity contribution >= 4 is 5.91 Å². The Bertz CT molecular complexity index is 659. The van der Waals surface area contributed by atoms with Crippen LogP contribution in [-0.4, -0.2) is 34.0 Å². The van der Waals surface area contributed by atoms with Crippen LogP contribution in [0.5, 0.6) is 0 Å². The SMILES string of the molecule is Cc1occc1C(=O)N1CCC[C@@H](c2nc(C(C)C)no2)C1. The summed E-state index contributed by atoms with van der Waals surface area (Å²) >= 11 is 0. The molecule has 1 saturated heterocycles. The van der Waals surface area contributed by atoms with Gasteiger partial charge >= 0.3 is 0 Å². The molecule has 1 fully saturated rings. The van der Waals surface area contributed by atoms with E-state index >= 15 is 0 Å². The number of hydrogen-bond donors (Lipinski definition) is 0. The van der Waals surface area contributed by atoms with Crippen LogP contribution in [0.15, 0.2) is 21.3 Å². The van der Waals surface area contributed by atoms with E-state index in [1.807, 2.05) is 25.7 Å². The van der Waals surface area contributed by atoms with Crippen LogP contribution in [0.2, 0.25) is 0 Å². The first-order valence-corrected chi connectivity index (χ1v) is 7.73. The summed E-state index contributed by atoms with van der Waals surface area (Å²) in [6.07, 6.45) is 3.46. The van der Waals surface area contributed by atoms with Crippen molar-refractivity contribution in [2.45, 2.75) is 45.4 Å². The number of rotatable bonds is 3. The second kappa shape index (κ2) is 5.94. The molecular formula is C16H21N3O3. The Morgan fingerprint density at radius 3 is 2.91 bits per heavy atom. The average molecular weight is 303 g/mol. The smallest absolute Gasteiger partial charge is 0.257 e. The van der Waals surface area contributed by atoms with Crippen LogP contribution < -0.4 is 0 Å². The fourth-order valence-corrected chi connectivity index (χ4v) is 2.79. The molecule has 0 aromatic carbocycles. The second-order valence-corrected chi connectivity index (χ2v) is 6.13. The summed E-state index contributed by atoms with van der Waals surface area (Å²) in [6.45, 7) is 7.25. The van der Waals surface area contributed by atoms with E-state index in [1.165, 1.54) is 0 Å². The fraction of sp³-hybridized carbons (Fsp3) is 0.562. The van der Waals surface area contributed by atoms with E-state index < -0.39 is 0 Å². The van der Waals surface area contributed by atoms with Crippen molar-refractivity contribution in [3.05, 3.63) is 35.4 Å². The maximum atomic E-state index is 12.6. The molecule has 0 bridgehead atoms. The van der Waals surface area contributed by atoms with Crippen LogP contribution in [0.1, 0.15) is 66.4 Å². The number of amides is 1. The molecule has 0 radical (unpaired) electrons. The van der Waals surface area contributed by atoms with Gasteiger partial charge in [-0.3, -0.25) is 4.79 Å². The molecule has 1 amide bonds. The van der Waals surface area contributed by atoms with Gasteiger partial charge in [-0.25, -0.2) is 0 Å². The summed E-state index contributed by atoms with van der Waals surface area (Å²) in [5.74, 6) is 2.40. The van der Waals surface area contributed by atoms with Crippen LogP contribution in [-0.2, 0) is 0 Å². The Kier molecular flexibility index (Phi) is 4.00. The monoisotopic (exact) mass is 303 g/mol. The van der Waals surface area contributed by atoms with Crippen molar-refractivity contribution < 1.29 is 13.7 Å². The molecule has 6 nitrogen and oxygen atoms in total. The maximum absolute atomic E-state index is 12.6. The Hall–Kier alpha value is -2.11. The van der Waals surface area contributed by atoms with Gasteiger partial charge in [-0.2, -0.15) is 4.98 Å². The molecule has 1 aliphatic rings. The molecule has 0 N–H and O–H groups in total. The minimum Gasteiger partial charge on any atom is -0.469 e. The summed E-state index contributed by atoms with van der Waals surface area (Å²) in [6, 6.07) is 1.73. The van der Waals surface area contributed by atoms with Gasteiger partial charge in [0.25, 0.3) is 5.91 Å². The van der Waals surface area contributed by atoms with Crippen LogP contribution in [0.4, 0.5) is 0 Å². The summed E-state index contributed by atoms with van der Waals surface area (Å²) in [7, 11) is 0. The lowest BCUT2D eigenvalue weighted by atomic mass is 9.97. The Morgan fingerprint density at radius 1 is 1.45 bits per heavy atom. The van der Waals surface area contributed by atoms with E-state index in [9.17, 15) is 4.79 Å². The molecule has 1 aliphatic heterocycles. The van der Waals surface area contributed by atoms with E-state index in [4.69, 9.17) is 8.94 Å². The van der Waals surface area contributed by atoms with Crippen LogP contribution >= 0.6 is 0 Å². The molecule has 2 aromatic heterocycles. The van der Waals surface area contributed by atoms with Crippen molar-refractivity contribution in [2.24, 2.45) is 0 Å². The summed E-state index contributed by atoms with van der Waals surface area (Å²) in [5.41, 5.74) is 0.633. The second-order valence-electron chi connectivity index (χ2n) is 6.13. The molecule has 3 heterocycles. The number of carbonyl (C=O) groups is 1. The van der Waals surface area contributed by atoms with Crippen molar-refractivity contribution in [1.82, 2.24) is 15.0 Å². The third-order valence-electron chi connectivity index (χ3n) is 4.12. The lowest BCUT2D eigenvalue weighted by Crippen LogP contribution is -2.39. The molecule has 6 heteroatoms. The van der Waals surface area contributed by atoms with Gasteiger partial charge in [-0.05, 0) is 25.8 Å². The van der Waals surface area contributed by atoms with E-state index in [0.29, 0.717) is 23.8 Å². The lowest BCUT2D eigenvalue weighted by molar-refractivity contribution is 0.0694. The molecule has 0 spiro atoms. The number of aromatic nitrogens is 2. The average Bonchev–Trinajstić information content (AvgIpc) is 3.15. The van der Waals surface area contributed by atoms with E-state index in [0.717, 1.165) is 25.2 Å². The third-order valence-corrected chi connectivity index (χ3v) is 4.12. The first-order valence-electron chi connectivity index (χ1n) is 7.73. The van der Waals surface area contributed by atoms with E-state index in [2.05, 4.69) is 10.1 Å². The highest BCUT2D eigenvalue weighted by atomic mass is 16.5. The third kappa shape index (κ3) is 2.77. The summed E-state index contributed by atoms with van der Waals surface area (Å²) in [4.78, 5) is 18.9. The zero-order valence-corrected chi connectivity index (χ0v) is 13.2. The van der Waals surface area contributed by atoms with Crippen molar-refractivity contribution in [2.75, 3.05) is 13.1 Å². The predicted molar refractivity (Wildman–Crippen MR) is 79.7 cm³/mol.